The number of methoxy groups -OCH3 is 1. The Bertz CT molecular complexity index is 1380. The highest BCUT2D eigenvalue weighted by molar-refractivity contribution is 6.31. The lowest BCUT2D eigenvalue weighted by atomic mass is 9.72. The molecule has 1 fully saturated rings. The van der Waals surface area contributed by atoms with Crippen LogP contribution in [0, 0.1) is 25.7 Å². The minimum absolute atomic E-state index is 0.00432. The molecule has 1 aliphatic heterocycles. The van der Waals surface area contributed by atoms with Gasteiger partial charge in [0.15, 0.2) is 17.9 Å². The van der Waals surface area contributed by atoms with E-state index in [4.69, 9.17) is 14.2 Å². The van der Waals surface area contributed by atoms with Crippen molar-refractivity contribution in [2.75, 3.05) is 20.3 Å². The van der Waals surface area contributed by atoms with Crippen molar-refractivity contribution < 1.29 is 49.0 Å². The number of fused-ring (bicyclic) bond motifs is 3. The molecule has 2 aromatic rings. The van der Waals surface area contributed by atoms with Gasteiger partial charge in [-0.1, -0.05) is 32.4 Å². The first-order chi connectivity index (χ1) is 20.6. The smallest absolute Gasteiger partial charge is 0.202 e. The topological polar surface area (TPSA) is 160 Å². The number of aliphatic hydroxyl groups excluding tert-OH is 1. The second kappa shape index (κ2) is 15.3. The molecule has 0 radical (unpaired) electrons. The van der Waals surface area contributed by atoms with Crippen LogP contribution in [0.25, 0.3) is 0 Å². The first kappa shape index (κ1) is 35.0. The van der Waals surface area contributed by atoms with Gasteiger partial charge >= 0.3 is 0 Å². The number of carbonyl (C=O) groups is 3. The number of hydrogen-bond acceptors (Lipinski definition) is 10. The molecule has 0 bridgehead atoms. The molecule has 3 atom stereocenters. The number of rotatable bonds is 5. The molecule has 0 saturated carbocycles. The summed E-state index contributed by atoms with van der Waals surface area (Å²) in [6.07, 6.45) is 16.7. The Balaban J connectivity index is 0.000000853. The largest absolute Gasteiger partial charge is 0.507 e. The maximum atomic E-state index is 13.6. The Morgan fingerprint density at radius 2 is 1.65 bits per heavy atom. The Morgan fingerprint density at radius 1 is 1.02 bits per heavy atom. The fraction of sp³-hybridized carbons (Fsp3) is 0.424. The molecule has 230 valence electrons. The zero-order valence-electron chi connectivity index (χ0n) is 24.6. The molecule has 1 heterocycles. The van der Waals surface area contributed by atoms with Gasteiger partial charge in [-0.15, -0.1) is 25.7 Å². The zero-order valence-corrected chi connectivity index (χ0v) is 24.6. The number of benzene rings is 2. The van der Waals surface area contributed by atoms with Gasteiger partial charge in [0.1, 0.15) is 29.5 Å². The molecule has 0 unspecified atom stereocenters. The minimum atomic E-state index is -2.14. The van der Waals surface area contributed by atoms with Crippen molar-refractivity contribution in [2.45, 2.75) is 70.4 Å². The van der Waals surface area contributed by atoms with Crippen LogP contribution < -0.4 is 4.74 Å². The highest BCUT2D eigenvalue weighted by Crippen LogP contribution is 2.52. The molecular formula is C33H38O10. The standard InChI is InChI=1S/C26H26O10.C3H8.2C2H2/c1-34-14-6-4-5-12-18(14)24(31)21-20(22(12)29)23(30)13-9-26(33,16(28)11-27)10-15(19(13)25(21)32)36-17-7-2-3-8-35-17;1-3-2;2*1-2/h4-6,15,17,27,30,32-33H,2-3,7-11H2,1H3;3H2,1-2H3;2*1-2H/t15-,17-,26-;;;/m0.../s1. The summed E-state index contributed by atoms with van der Waals surface area (Å²) in [6.45, 7) is 3.73. The summed E-state index contributed by atoms with van der Waals surface area (Å²) in [5.41, 5.74) is -3.12. The third-order valence-corrected chi connectivity index (χ3v) is 7.19. The van der Waals surface area contributed by atoms with Crippen LogP contribution in [-0.4, -0.2) is 70.0 Å². The third-order valence-electron chi connectivity index (χ3n) is 7.19. The van der Waals surface area contributed by atoms with Gasteiger partial charge in [0.2, 0.25) is 5.78 Å². The van der Waals surface area contributed by atoms with Gasteiger partial charge < -0.3 is 34.6 Å². The Labute approximate surface area is 251 Å². The van der Waals surface area contributed by atoms with Crippen LogP contribution in [0.3, 0.4) is 0 Å². The van der Waals surface area contributed by atoms with Gasteiger partial charge in [-0.05, 0) is 25.3 Å². The molecule has 0 aromatic heterocycles. The van der Waals surface area contributed by atoms with E-state index in [1.165, 1.54) is 31.7 Å². The molecule has 0 spiro atoms. The average Bonchev–Trinajstić information content (AvgIpc) is 3.03. The van der Waals surface area contributed by atoms with Crippen molar-refractivity contribution in [3.8, 4) is 42.9 Å². The summed E-state index contributed by atoms with van der Waals surface area (Å²) in [7, 11) is 1.35. The highest BCUT2D eigenvalue weighted by atomic mass is 16.7. The van der Waals surface area contributed by atoms with Crippen molar-refractivity contribution in [3.63, 3.8) is 0 Å². The molecule has 10 heteroatoms. The van der Waals surface area contributed by atoms with Crippen LogP contribution >= 0.6 is 0 Å². The van der Waals surface area contributed by atoms with Crippen LogP contribution in [0.1, 0.15) is 95.0 Å². The molecule has 2 aromatic carbocycles. The predicted molar refractivity (Wildman–Crippen MR) is 158 cm³/mol. The number of phenolic OH excluding ortho intramolecular Hbond substituents is 2. The van der Waals surface area contributed by atoms with E-state index in [2.05, 4.69) is 39.5 Å². The molecule has 10 nitrogen and oxygen atoms in total. The van der Waals surface area contributed by atoms with Gasteiger partial charge in [0.05, 0.1) is 29.9 Å². The number of terminal acetylenes is 2. The van der Waals surface area contributed by atoms with Crippen molar-refractivity contribution in [1.82, 2.24) is 0 Å². The monoisotopic (exact) mass is 594 g/mol. The quantitative estimate of drug-likeness (QED) is 0.254. The molecule has 1 saturated heterocycles. The highest BCUT2D eigenvalue weighted by Gasteiger charge is 2.49. The van der Waals surface area contributed by atoms with Crippen LogP contribution in [0.15, 0.2) is 18.2 Å². The predicted octanol–water partition coefficient (Wildman–Crippen LogP) is 3.62. The Hall–Kier alpha value is -4.19. The van der Waals surface area contributed by atoms with E-state index in [1.807, 2.05) is 0 Å². The molecule has 5 rings (SSSR count). The van der Waals surface area contributed by atoms with Gasteiger partial charge in [-0.3, -0.25) is 14.4 Å². The first-order valence-corrected chi connectivity index (χ1v) is 13.8. The van der Waals surface area contributed by atoms with Gasteiger partial charge in [-0.2, -0.15) is 0 Å². The van der Waals surface area contributed by atoms with Crippen LogP contribution in [0.4, 0.5) is 0 Å². The number of hydrogen-bond donors (Lipinski definition) is 4. The molecular weight excluding hydrogens is 556 g/mol. The van der Waals surface area contributed by atoms with Crippen molar-refractivity contribution in [2.24, 2.45) is 0 Å². The zero-order chi connectivity index (χ0) is 32.5. The molecule has 2 aliphatic carbocycles. The third kappa shape index (κ3) is 6.58. The normalized spacial score (nSPS) is 21.5. The lowest BCUT2D eigenvalue weighted by Crippen LogP contribution is -2.48. The summed E-state index contributed by atoms with van der Waals surface area (Å²) in [5, 5.41) is 43.3. The second-order valence-electron chi connectivity index (χ2n) is 10.0. The van der Waals surface area contributed by atoms with Gasteiger partial charge in [0.25, 0.3) is 0 Å². The van der Waals surface area contributed by atoms with Crippen molar-refractivity contribution >= 4 is 17.3 Å². The molecule has 43 heavy (non-hydrogen) atoms. The van der Waals surface area contributed by atoms with E-state index >= 15 is 0 Å². The van der Waals surface area contributed by atoms with E-state index in [1.54, 1.807) is 0 Å². The summed E-state index contributed by atoms with van der Waals surface area (Å²) >= 11 is 0. The number of ether oxygens (including phenoxy) is 3. The second-order valence-corrected chi connectivity index (χ2v) is 10.0. The lowest BCUT2D eigenvalue weighted by Gasteiger charge is -2.40. The van der Waals surface area contributed by atoms with E-state index in [0.29, 0.717) is 13.0 Å². The summed E-state index contributed by atoms with van der Waals surface area (Å²) < 4.78 is 16.9. The SMILES string of the molecule is C#C.C#C.CCC.COc1cccc2c1C(=O)c1c(O)c3c(c(O)c1C2=O)C[C@@](O)(C(=O)CO)C[C@@H]3O[C@H]1CCCCO1. The summed E-state index contributed by atoms with van der Waals surface area (Å²) in [6, 6.07) is 4.45. The van der Waals surface area contributed by atoms with Gasteiger partial charge in [0, 0.05) is 36.1 Å². The van der Waals surface area contributed by atoms with Crippen LogP contribution in [0.2, 0.25) is 0 Å². The Kier molecular flexibility index (Phi) is 12.5. The summed E-state index contributed by atoms with van der Waals surface area (Å²) in [5.74, 6) is -3.41. The average molecular weight is 595 g/mol. The maximum absolute atomic E-state index is 13.6. The number of phenols is 2. The van der Waals surface area contributed by atoms with Crippen molar-refractivity contribution in [1.29, 1.82) is 0 Å². The fourth-order valence-corrected chi connectivity index (χ4v) is 5.40. The number of Topliss-reactive ketones (excluding diaryl/α,β-unsaturated/α-hetero) is 1. The number of carbonyl (C=O) groups excluding carboxylic acids is 3. The molecule has 3 aliphatic rings. The number of ketones is 3. The maximum Gasteiger partial charge on any atom is 0.202 e. The van der Waals surface area contributed by atoms with Gasteiger partial charge in [-0.25, -0.2) is 0 Å². The van der Waals surface area contributed by atoms with Crippen molar-refractivity contribution in [3.05, 3.63) is 51.6 Å². The van der Waals surface area contributed by atoms with Crippen LogP contribution in [-0.2, 0) is 20.7 Å². The summed E-state index contributed by atoms with van der Waals surface area (Å²) in [4.78, 5) is 39.5. The van der Waals surface area contributed by atoms with E-state index < -0.39 is 71.0 Å². The minimum Gasteiger partial charge on any atom is -0.507 e. The number of aliphatic hydroxyl groups is 2. The lowest BCUT2D eigenvalue weighted by molar-refractivity contribution is -0.204. The molecule has 0 amide bonds. The van der Waals surface area contributed by atoms with E-state index in [9.17, 15) is 34.8 Å². The first-order valence-electron chi connectivity index (χ1n) is 13.8. The number of aromatic hydroxyl groups is 2. The Morgan fingerprint density at radius 3 is 2.21 bits per heavy atom. The fourth-order valence-electron chi connectivity index (χ4n) is 5.40. The van der Waals surface area contributed by atoms with Crippen LogP contribution in [0.5, 0.6) is 17.2 Å². The molecule has 4 N–H and O–H groups in total. The van der Waals surface area contributed by atoms with E-state index in [-0.39, 0.29) is 34.4 Å². The van der Waals surface area contributed by atoms with E-state index in [0.717, 1.165) is 12.8 Å².